The highest BCUT2D eigenvalue weighted by Gasteiger charge is 2.15. The summed E-state index contributed by atoms with van der Waals surface area (Å²) in [6.07, 6.45) is 7.17. The van der Waals surface area contributed by atoms with Gasteiger partial charge in [-0.05, 0) is 48.7 Å². The molecule has 4 aromatic rings. The molecule has 2 amide bonds. The van der Waals surface area contributed by atoms with Crippen molar-refractivity contribution in [3.8, 4) is 0 Å². The number of fused-ring (bicyclic) bond motifs is 1. The van der Waals surface area contributed by atoms with Crippen LogP contribution in [0.25, 0.3) is 11.0 Å². The number of nitrogens with zero attached hydrogens (tertiary/aromatic N) is 4. The third-order valence-corrected chi connectivity index (χ3v) is 5.93. The van der Waals surface area contributed by atoms with Crippen molar-refractivity contribution < 1.29 is 14.0 Å². The van der Waals surface area contributed by atoms with Crippen molar-refractivity contribution >= 4 is 28.5 Å². The van der Waals surface area contributed by atoms with Crippen molar-refractivity contribution in [2.45, 2.75) is 25.9 Å². The van der Waals surface area contributed by atoms with E-state index in [9.17, 15) is 18.8 Å². The van der Waals surface area contributed by atoms with Crippen LogP contribution in [0.15, 0.2) is 83.8 Å². The van der Waals surface area contributed by atoms with Gasteiger partial charge in [0.05, 0.1) is 24.0 Å². The van der Waals surface area contributed by atoms with Gasteiger partial charge in [0, 0.05) is 32.9 Å². The second-order valence-corrected chi connectivity index (χ2v) is 8.99. The summed E-state index contributed by atoms with van der Waals surface area (Å²) in [5, 5.41) is 2.64. The summed E-state index contributed by atoms with van der Waals surface area (Å²) in [4.78, 5) is 43.2. The van der Waals surface area contributed by atoms with E-state index in [0.717, 1.165) is 11.1 Å². The van der Waals surface area contributed by atoms with Gasteiger partial charge in [0.2, 0.25) is 11.8 Å². The first-order valence-electron chi connectivity index (χ1n) is 12.2. The van der Waals surface area contributed by atoms with Crippen molar-refractivity contribution in [1.82, 2.24) is 19.0 Å². The number of anilines is 1. The number of nitrogens with one attached hydrogen (secondary N) is 1. The number of carbonyl (C=O) groups is 2. The summed E-state index contributed by atoms with van der Waals surface area (Å²) < 4.78 is 17.3. The van der Waals surface area contributed by atoms with Gasteiger partial charge in [-0.2, -0.15) is 0 Å². The normalized spacial score (nSPS) is 11.2. The van der Waals surface area contributed by atoms with Gasteiger partial charge in [-0.3, -0.25) is 14.4 Å². The Balaban J connectivity index is 1.49. The first kappa shape index (κ1) is 26.5. The van der Waals surface area contributed by atoms with E-state index in [2.05, 4.69) is 10.3 Å². The molecule has 0 fully saturated rings. The Morgan fingerprint density at radius 3 is 2.58 bits per heavy atom. The van der Waals surface area contributed by atoms with E-state index in [1.54, 1.807) is 44.6 Å². The Morgan fingerprint density at radius 1 is 1.03 bits per heavy atom. The molecule has 1 radical (unpaired) electrons. The van der Waals surface area contributed by atoms with Crippen LogP contribution in [-0.2, 0) is 22.7 Å². The molecule has 2 aromatic heterocycles. The molecule has 2 heterocycles. The monoisotopic (exact) mass is 514 g/mol. The maximum absolute atomic E-state index is 13.9. The van der Waals surface area contributed by atoms with E-state index < -0.39 is 5.91 Å². The first-order valence-corrected chi connectivity index (χ1v) is 12.2. The summed E-state index contributed by atoms with van der Waals surface area (Å²) >= 11 is 0. The van der Waals surface area contributed by atoms with Gasteiger partial charge >= 0.3 is 0 Å². The standard InChI is InChI=1S/C29H29FN5O3/c1-33(2)28(37)14-8-4-7-13-27(36)32-23-12-9-17-34(29(23)38)20-26-31-24-18-22(30)15-16-25(24)35(26)19-21-10-5-3-6-11-21/h3,5-6,8-18H,4,7,19-20H2,1-2H3,(H,32,36)/b14-8+. The van der Waals surface area contributed by atoms with Crippen molar-refractivity contribution in [3.63, 3.8) is 0 Å². The number of likely N-dealkylation sites (N-methyl/N-ethyl adjacent to an activating group) is 1. The number of halogens is 1. The van der Waals surface area contributed by atoms with Gasteiger partial charge in [-0.25, -0.2) is 9.37 Å². The molecule has 8 nitrogen and oxygen atoms in total. The Bertz CT molecular complexity index is 1520. The van der Waals surface area contributed by atoms with Crippen molar-refractivity contribution in [1.29, 1.82) is 0 Å². The number of aromatic nitrogens is 3. The second-order valence-electron chi connectivity index (χ2n) is 8.99. The lowest BCUT2D eigenvalue weighted by molar-refractivity contribution is -0.123. The number of benzene rings is 2. The molecule has 0 unspecified atom stereocenters. The van der Waals surface area contributed by atoms with Crippen LogP contribution in [0.5, 0.6) is 0 Å². The zero-order chi connectivity index (χ0) is 27.1. The number of amides is 2. The predicted octanol–water partition coefficient (Wildman–Crippen LogP) is 4.00. The van der Waals surface area contributed by atoms with Gasteiger partial charge in [0.1, 0.15) is 17.3 Å². The van der Waals surface area contributed by atoms with Gasteiger partial charge < -0.3 is 19.4 Å². The van der Waals surface area contributed by atoms with E-state index in [1.165, 1.54) is 34.1 Å². The van der Waals surface area contributed by atoms with Crippen LogP contribution in [-0.4, -0.2) is 44.9 Å². The smallest absolute Gasteiger partial charge is 0.274 e. The minimum absolute atomic E-state index is 0.123. The maximum atomic E-state index is 13.9. The largest absolute Gasteiger partial charge is 0.345 e. The predicted molar refractivity (Wildman–Crippen MR) is 145 cm³/mol. The first-order chi connectivity index (χ1) is 18.3. The second kappa shape index (κ2) is 12.1. The van der Waals surface area contributed by atoms with Crippen molar-refractivity contribution in [3.05, 3.63) is 113 Å². The summed E-state index contributed by atoms with van der Waals surface area (Å²) in [5.74, 6) is -0.322. The summed E-state index contributed by atoms with van der Waals surface area (Å²) in [7, 11) is 3.33. The zero-order valence-corrected chi connectivity index (χ0v) is 21.3. The molecule has 0 bridgehead atoms. The molecule has 0 saturated heterocycles. The van der Waals surface area contributed by atoms with Gasteiger partial charge in [-0.1, -0.05) is 36.4 Å². The Morgan fingerprint density at radius 2 is 1.82 bits per heavy atom. The molecular weight excluding hydrogens is 485 g/mol. The quantitative estimate of drug-likeness (QED) is 0.256. The molecule has 38 heavy (non-hydrogen) atoms. The fourth-order valence-electron chi connectivity index (χ4n) is 3.95. The molecular formula is C29H29FN5O3. The number of rotatable bonds is 10. The van der Waals surface area contributed by atoms with Gasteiger partial charge in [0.25, 0.3) is 5.56 Å². The minimum Gasteiger partial charge on any atom is -0.345 e. The van der Waals surface area contributed by atoms with Crippen LogP contribution in [0.4, 0.5) is 10.1 Å². The molecule has 2 aromatic carbocycles. The molecule has 0 aliphatic carbocycles. The lowest BCUT2D eigenvalue weighted by atomic mass is 10.2. The summed E-state index contributed by atoms with van der Waals surface area (Å²) in [6, 6.07) is 17.5. The van der Waals surface area contributed by atoms with E-state index in [0.29, 0.717) is 30.7 Å². The van der Waals surface area contributed by atoms with Crippen LogP contribution in [0.3, 0.4) is 0 Å². The lowest BCUT2D eigenvalue weighted by Crippen LogP contribution is -2.26. The van der Waals surface area contributed by atoms with Crippen LogP contribution in [0.2, 0.25) is 0 Å². The summed E-state index contributed by atoms with van der Waals surface area (Å²) in [6.45, 7) is 0.646. The number of pyridine rings is 1. The Labute approximate surface area is 220 Å². The van der Waals surface area contributed by atoms with Crippen molar-refractivity contribution in [2.24, 2.45) is 0 Å². The highest BCUT2D eigenvalue weighted by atomic mass is 19.1. The van der Waals surface area contributed by atoms with E-state index in [4.69, 9.17) is 0 Å². The molecule has 0 spiro atoms. The van der Waals surface area contributed by atoms with Crippen LogP contribution in [0.1, 0.15) is 24.2 Å². The van der Waals surface area contributed by atoms with Crippen LogP contribution >= 0.6 is 0 Å². The highest BCUT2D eigenvalue weighted by molar-refractivity contribution is 5.96. The number of imidazole rings is 1. The average molecular weight is 515 g/mol. The Hall–Kier alpha value is -4.53. The summed E-state index contributed by atoms with van der Waals surface area (Å²) in [5.41, 5.74) is 2.07. The average Bonchev–Trinajstić information content (AvgIpc) is 3.22. The topological polar surface area (TPSA) is 89.2 Å². The molecule has 0 aliphatic rings. The zero-order valence-electron chi connectivity index (χ0n) is 21.3. The molecule has 195 valence electrons. The number of carbonyl (C=O) groups excluding carboxylic acids is 2. The number of hydrogen-bond acceptors (Lipinski definition) is 4. The molecule has 4 rings (SSSR count). The highest BCUT2D eigenvalue weighted by Crippen LogP contribution is 2.20. The van der Waals surface area contributed by atoms with E-state index in [1.807, 2.05) is 34.9 Å². The van der Waals surface area contributed by atoms with Gasteiger partial charge in [-0.15, -0.1) is 0 Å². The number of allylic oxidation sites excluding steroid dienone is 1. The number of hydrogen-bond donors (Lipinski definition) is 1. The third-order valence-electron chi connectivity index (χ3n) is 5.93. The van der Waals surface area contributed by atoms with E-state index in [-0.39, 0.29) is 29.5 Å². The Kier molecular flexibility index (Phi) is 8.47. The van der Waals surface area contributed by atoms with Crippen molar-refractivity contribution in [2.75, 3.05) is 19.4 Å². The lowest BCUT2D eigenvalue weighted by Gasteiger charge is -2.12. The van der Waals surface area contributed by atoms with E-state index >= 15 is 0 Å². The molecule has 0 atom stereocenters. The van der Waals surface area contributed by atoms with Crippen LogP contribution in [0, 0.1) is 12.2 Å². The molecule has 0 aliphatic heterocycles. The third kappa shape index (κ3) is 6.61. The molecule has 0 saturated carbocycles. The molecule has 1 N–H and O–H groups in total. The fraction of sp³-hybridized carbons (Fsp3) is 0.207. The minimum atomic E-state index is -0.404. The maximum Gasteiger partial charge on any atom is 0.274 e. The fourth-order valence-corrected chi connectivity index (χ4v) is 3.95. The van der Waals surface area contributed by atoms with Gasteiger partial charge in [0.15, 0.2) is 0 Å². The number of unbranched alkanes of at least 4 members (excludes halogenated alkanes) is 1. The SMILES string of the molecule is CN(C)C(=O)/C=C/CC[CH]C(=O)Nc1cccn(Cc2nc3cc(F)ccc3n2Cc2ccccc2)c1=O. The molecule has 9 heteroatoms. The van der Waals surface area contributed by atoms with Crippen LogP contribution < -0.4 is 10.9 Å².